The highest BCUT2D eigenvalue weighted by molar-refractivity contribution is 5.99. The third-order valence-corrected chi connectivity index (χ3v) is 3.43. The second-order valence-corrected chi connectivity index (χ2v) is 5.12. The average molecular weight is 255 g/mol. The first kappa shape index (κ1) is 11.9. The Kier molecular flexibility index (Phi) is 2.62. The fraction of sp³-hybridized carbons (Fsp3) is 0.357. The minimum Gasteiger partial charge on any atom is -0.384 e. The van der Waals surface area contributed by atoms with Gasteiger partial charge in [-0.2, -0.15) is 5.10 Å². The predicted molar refractivity (Wildman–Crippen MR) is 73.8 cm³/mol. The van der Waals surface area contributed by atoms with Crippen LogP contribution in [0.2, 0.25) is 0 Å². The molecule has 1 saturated carbocycles. The quantitative estimate of drug-likeness (QED) is 0.650. The van der Waals surface area contributed by atoms with Crippen molar-refractivity contribution in [2.24, 2.45) is 5.73 Å². The van der Waals surface area contributed by atoms with Crippen LogP contribution in [-0.4, -0.2) is 20.6 Å². The number of aromatic nitrogens is 3. The van der Waals surface area contributed by atoms with E-state index in [4.69, 9.17) is 11.1 Å². The molecule has 0 amide bonds. The summed E-state index contributed by atoms with van der Waals surface area (Å²) < 4.78 is 1.81. The molecule has 0 atom stereocenters. The van der Waals surface area contributed by atoms with Crippen molar-refractivity contribution < 1.29 is 0 Å². The molecule has 1 aliphatic carbocycles. The standard InChI is InChI=1S/C14H17N5/c1-8-7-12(13(14(15)16)9(2)17-8)19-6-5-11(18-19)10-3-4-10/h5-7,10H,3-4H2,1-2H3,(H3,15,16). The van der Waals surface area contributed by atoms with Gasteiger partial charge >= 0.3 is 0 Å². The van der Waals surface area contributed by atoms with E-state index in [0.717, 1.165) is 22.8 Å². The van der Waals surface area contributed by atoms with Gasteiger partial charge in [0.15, 0.2) is 0 Å². The van der Waals surface area contributed by atoms with E-state index in [1.165, 1.54) is 12.8 Å². The highest BCUT2D eigenvalue weighted by Gasteiger charge is 2.26. The number of hydrogen-bond donors (Lipinski definition) is 2. The Morgan fingerprint density at radius 3 is 2.79 bits per heavy atom. The van der Waals surface area contributed by atoms with Crippen LogP contribution in [0.25, 0.3) is 5.69 Å². The van der Waals surface area contributed by atoms with E-state index in [1.807, 2.05) is 36.9 Å². The Labute approximate surface area is 112 Å². The fourth-order valence-electron chi connectivity index (χ4n) is 2.39. The molecule has 1 fully saturated rings. The molecule has 0 aromatic carbocycles. The third kappa shape index (κ3) is 2.12. The Bertz CT molecular complexity index is 652. The van der Waals surface area contributed by atoms with Gasteiger partial charge in [0.1, 0.15) is 5.84 Å². The van der Waals surface area contributed by atoms with Gasteiger partial charge < -0.3 is 5.73 Å². The van der Waals surface area contributed by atoms with Crippen LogP contribution in [0.15, 0.2) is 18.3 Å². The molecule has 5 nitrogen and oxygen atoms in total. The van der Waals surface area contributed by atoms with Crippen LogP contribution < -0.4 is 5.73 Å². The summed E-state index contributed by atoms with van der Waals surface area (Å²) in [6.07, 6.45) is 4.39. The smallest absolute Gasteiger partial charge is 0.126 e. The number of nitrogens with two attached hydrogens (primary N) is 1. The largest absolute Gasteiger partial charge is 0.384 e. The molecule has 0 radical (unpaired) electrons. The van der Waals surface area contributed by atoms with Gasteiger partial charge in [-0.25, -0.2) is 4.68 Å². The summed E-state index contributed by atoms with van der Waals surface area (Å²) in [4.78, 5) is 4.37. The second-order valence-electron chi connectivity index (χ2n) is 5.12. The lowest BCUT2D eigenvalue weighted by molar-refractivity contribution is 0.829. The van der Waals surface area contributed by atoms with Crippen LogP contribution >= 0.6 is 0 Å². The molecular formula is C14H17N5. The molecule has 2 aromatic heterocycles. The number of rotatable bonds is 3. The van der Waals surface area contributed by atoms with E-state index >= 15 is 0 Å². The summed E-state index contributed by atoms with van der Waals surface area (Å²) in [5, 5.41) is 12.3. The summed E-state index contributed by atoms with van der Waals surface area (Å²) in [5.41, 5.74) is 9.98. The summed E-state index contributed by atoms with van der Waals surface area (Å²) in [6.45, 7) is 3.81. The molecule has 0 bridgehead atoms. The molecule has 19 heavy (non-hydrogen) atoms. The Hall–Kier alpha value is -2.17. The number of amidine groups is 1. The van der Waals surface area contributed by atoms with Crippen molar-refractivity contribution in [3.05, 3.63) is 41.0 Å². The topological polar surface area (TPSA) is 80.6 Å². The van der Waals surface area contributed by atoms with E-state index in [0.29, 0.717) is 11.5 Å². The van der Waals surface area contributed by atoms with Gasteiger partial charge in [0, 0.05) is 17.8 Å². The Balaban J connectivity index is 2.13. The van der Waals surface area contributed by atoms with Crippen molar-refractivity contribution in [3.8, 4) is 5.69 Å². The van der Waals surface area contributed by atoms with Gasteiger partial charge in [0.25, 0.3) is 0 Å². The van der Waals surface area contributed by atoms with Crippen LogP contribution in [0.4, 0.5) is 0 Å². The summed E-state index contributed by atoms with van der Waals surface area (Å²) in [7, 11) is 0. The molecule has 0 saturated heterocycles. The van der Waals surface area contributed by atoms with E-state index < -0.39 is 0 Å². The molecule has 3 N–H and O–H groups in total. The molecule has 2 aromatic rings. The first-order chi connectivity index (χ1) is 9.06. The average Bonchev–Trinajstić information content (AvgIpc) is 3.05. The summed E-state index contributed by atoms with van der Waals surface area (Å²) in [6, 6.07) is 3.97. The zero-order valence-corrected chi connectivity index (χ0v) is 11.1. The molecule has 3 rings (SSSR count). The van der Waals surface area contributed by atoms with Crippen molar-refractivity contribution in [1.82, 2.24) is 14.8 Å². The van der Waals surface area contributed by atoms with Crippen molar-refractivity contribution in [2.45, 2.75) is 32.6 Å². The number of nitrogens with one attached hydrogen (secondary N) is 1. The Morgan fingerprint density at radius 1 is 1.42 bits per heavy atom. The molecule has 5 heteroatoms. The number of aryl methyl sites for hydroxylation is 2. The minimum atomic E-state index is 0.0310. The van der Waals surface area contributed by atoms with Crippen LogP contribution in [-0.2, 0) is 0 Å². The van der Waals surface area contributed by atoms with Crippen molar-refractivity contribution in [2.75, 3.05) is 0 Å². The van der Waals surface area contributed by atoms with Crippen LogP contribution in [0.3, 0.4) is 0 Å². The first-order valence-corrected chi connectivity index (χ1v) is 6.45. The molecule has 0 aliphatic heterocycles. The maximum Gasteiger partial charge on any atom is 0.126 e. The van der Waals surface area contributed by atoms with Crippen molar-refractivity contribution >= 4 is 5.84 Å². The molecule has 0 unspecified atom stereocenters. The van der Waals surface area contributed by atoms with Crippen LogP contribution in [0.1, 0.15) is 41.4 Å². The van der Waals surface area contributed by atoms with E-state index in [2.05, 4.69) is 10.1 Å². The van der Waals surface area contributed by atoms with Gasteiger partial charge in [-0.05, 0) is 38.8 Å². The van der Waals surface area contributed by atoms with Gasteiger partial charge in [-0.15, -0.1) is 0 Å². The Morgan fingerprint density at radius 2 is 2.16 bits per heavy atom. The van der Waals surface area contributed by atoms with Gasteiger partial charge in [0.2, 0.25) is 0 Å². The van der Waals surface area contributed by atoms with Crippen molar-refractivity contribution in [1.29, 1.82) is 5.41 Å². The third-order valence-electron chi connectivity index (χ3n) is 3.43. The maximum atomic E-state index is 7.74. The summed E-state index contributed by atoms with van der Waals surface area (Å²) in [5.74, 6) is 0.648. The number of pyridine rings is 1. The van der Waals surface area contributed by atoms with E-state index in [1.54, 1.807) is 0 Å². The lowest BCUT2D eigenvalue weighted by Crippen LogP contribution is -2.18. The lowest BCUT2D eigenvalue weighted by atomic mass is 10.1. The molecule has 98 valence electrons. The molecule has 2 heterocycles. The fourth-order valence-corrected chi connectivity index (χ4v) is 2.39. The maximum absolute atomic E-state index is 7.74. The zero-order chi connectivity index (χ0) is 13.6. The van der Waals surface area contributed by atoms with E-state index in [9.17, 15) is 0 Å². The SMILES string of the molecule is Cc1cc(-n2ccc(C3CC3)n2)c(C(=N)N)c(C)n1. The normalized spacial score (nSPS) is 14.6. The predicted octanol–water partition coefficient (Wildman–Crippen LogP) is 2.05. The second kappa shape index (κ2) is 4.19. The molecule has 0 spiro atoms. The number of hydrogen-bond acceptors (Lipinski definition) is 3. The minimum absolute atomic E-state index is 0.0310. The van der Waals surface area contributed by atoms with Gasteiger partial charge in [-0.3, -0.25) is 10.4 Å². The molecule has 1 aliphatic rings. The highest BCUT2D eigenvalue weighted by atomic mass is 15.3. The lowest BCUT2D eigenvalue weighted by Gasteiger charge is -2.12. The zero-order valence-electron chi connectivity index (χ0n) is 11.1. The first-order valence-electron chi connectivity index (χ1n) is 6.45. The summed E-state index contributed by atoms with van der Waals surface area (Å²) >= 11 is 0. The highest BCUT2D eigenvalue weighted by Crippen LogP contribution is 2.39. The number of nitrogen functional groups attached to an aromatic ring is 1. The number of nitrogens with zero attached hydrogens (tertiary/aromatic N) is 3. The monoisotopic (exact) mass is 255 g/mol. The van der Waals surface area contributed by atoms with Crippen LogP contribution in [0, 0.1) is 19.3 Å². The van der Waals surface area contributed by atoms with Crippen LogP contribution in [0.5, 0.6) is 0 Å². The van der Waals surface area contributed by atoms with Gasteiger partial charge in [-0.1, -0.05) is 0 Å². The van der Waals surface area contributed by atoms with Crippen molar-refractivity contribution in [3.63, 3.8) is 0 Å². The molecular weight excluding hydrogens is 238 g/mol. The van der Waals surface area contributed by atoms with E-state index in [-0.39, 0.29) is 5.84 Å². The van der Waals surface area contributed by atoms with Gasteiger partial charge in [0.05, 0.1) is 22.6 Å².